The molecule has 0 atom stereocenters. The number of ether oxygens (including phenoxy) is 1. The Morgan fingerprint density at radius 2 is 2.27 bits per heavy atom. The molecule has 1 aromatic carbocycles. The van der Waals surface area contributed by atoms with Gasteiger partial charge in [0.25, 0.3) is 0 Å². The molecule has 1 rings (SSSR count). The molecule has 2 N–H and O–H groups in total. The number of nitrogens with two attached hydrogens (primary N) is 1. The topological polar surface area (TPSA) is 35.2 Å². The minimum atomic E-state index is -0.271. The van der Waals surface area contributed by atoms with Crippen molar-refractivity contribution in [2.45, 2.75) is 13.3 Å². The molecule has 0 aromatic heterocycles. The lowest BCUT2D eigenvalue weighted by molar-refractivity contribution is 0.365. The van der Waals surface area contributed by atoms with Crippen LogP contribution in [0, 0.1) is 17.7 Å². The predicted molar refractivity (Wildman–Crippen MR) is 58.1 cm³/mol. The van der Waals surface area contributed by atoms with Crippen LogP contribution in [-0.4, -0.2) is 13.2 Å². The molecule has 0 radical (unpaired) electrons. The molecule has 0 heterocycles. The lowest BCUT2D eigenvalue weighted by Crippen LogP contribution is -2.06. The second kappa shape index (κ2) is 6.05. The van der Waals surface area contributed by atoms with Crippen LogP contribution in [0.15, 0.2) is 18.2 Å². The average Bonchev–Trinajstić information content (AvgIpc) is 2.22. The standard InChI is InChI=1S/C12H14FNO/c1-2-3-8-15-12-5-4-11(13)9-10(12)6-7-14/h4-5,9H,6-8,14H2,1H3. The van der Waals surface area contributed by atoms with Gasteiger partial charge in [0.1, 0.15) is 18.2 Å². The van der Waals surface area contributed by atoms with Crippen LogP contribution < -0.4 is 10.5 Å². The van der Waals surface area contributed by atoms with Crippen molar-refractivity contribution in [3.05, 3.63) is 29.6 Å². The van der Waals surface area contributed by atoms with E-state index in [0.29, 0.717) is 25.3 Å². The van der Waals surface area contributed by atoms with E-state index < -0.39 is 0 Å². The summed E-state index contributed by atoms with van der Waals surface area (Å²) in [5.74, 6) is 5.90. The number of benzene rings is 1. The van der Waals surface area contributed by atoms with Gasteiger partial charge in [0.2, 0.25) is 0 Å². The van der Waals surface area contributed by atoms with Gasteiger partial charge >= 0.3 is 0 Å². The van der Waals surface area contributed by atoms with Crippen molar-refractivity contribution in [2.75, 3.05) is 13.2 Å². The highest BCUT2D eigenvalue weighted by Crippen LogP contribution is 2.19. The zero-order chi connectivity index (χ0) is 11.1. The SMILES string of the molecule is CC#CCOc1ccc(F)cc1CCN. The van der Waals surface area contributed by atoms with Gasteiger partial charge in [0.05, 0.1) is 0 Å². The first-order valence-corrected chi connectivity index (χ1v) is 4.79. The van der Waals surface area contributed by atoms with E-state index in [1.165, 1.54) is 12.1 Å². The Balaban J connectivity index is 2.78. The Morgan fingerprint density at radius 1 is 1.47 bits per heavy atom. The molecule has 0 saturated heterocycles. The van der Waals surface area contributed by atoms with Gasteiger partial charge in [0, 0.05) is 0 Å². The van der Waals surface area contributed by atoms with Crippen molar-refractivity contribution >= 4 is 0 Å². The van der Waals surface area contributed by atoms with E-state index in [-0.39, 0.29) is 5.82 Å². The largest absolute Gasteiger partial charge is 0.481 e. The van der Waals surface area contributed by atoms with Crippen LogP contribution >= 0.6 is 0 Å². The average molecular weight is 207 g/mol. The first-order chi connectivity index (χ1) is 7.27. The molecule has 0 saturated carbocycles. The molecule has 0 aliphatic heterocycles. The summed E-state index contributed by atoms with van der Waals surface area (Å²) in [6, 6.07) is 4.42. The lowest BCUT2D eigenvalue weighted by atomic mass is 10.1. The molecule has 0 spiro atoms. The fourth-order valence-corrected chi connectivity index (χ4v) is 1.23. The van der Waals surface area contributed by atoms with Gasteiger partial charge in [-0.15, -0.1) is 5.92 Å². The molecule has 1 aromatic rings. The summed E-state index contributed by atoms with van der Waals surface area (Å²) in [4.78, 5) is 0. The normalized spacial score (nSPS) is 9.27. The van der Waals surface area contributed by atoms with Crippen LogP contribution in [0.1, 0.15) is 12.5 Å². The maximum Gasteiger partial charge on any atom is 0.149 e. The van der Waals surface area contributed by atoms with Crippen molar-refractivity contribution in [1.82, 2.24) is 0 Å². The first kappa shape index (κ1) is 11.5. The van der Waals surface area contributed by atoms with Crippen molar-refractivity contribution in [2.24, 2.45) is 5.73 Å². The van der Waals surface area contributed by atoms with Crippen LogP contribution in [0.3, 0.4) is 0 Å². The van der Waals surface area contributed by atoms with Gasteiger partial charge in [-0.25, -0.2) is 4.39 Å². The van der Waals surface area contributed by atoms with Gasteiger partial charge in [-0.1, -0.05) is 5.92 Å². The Labute approximate surface area is 89.2 Å². The fraction of sp³-hybridized carbons (Fsp3) is 0.333. The quantitative estimate of drug-likeness (QED) is 0.763. The Bertz CT molecular complexity index is 379. The van der Waals surface area contributed by atoms with Crippen molar-refractivity contribution in [1.29, 1.82) is 0 Å². The summed E-state index contributed by atoms with van der Waals surface area (Å²) >= 11 is 0. The lowest BCUT2D eigenvalue weighted by Gasteiger charge is -2.08. The van der Waals surface area contributed by atoms with Crippen LogP contribution in [0.4, 0.5) is 4.39 Å². The van der Waals surface area contributed by atoms with Crippen LogP contribution in [-0.2, 0) is 6.42 Å². The third kappa shape index (κ3) is 3.61. The summed E-state index contributed by atoms with van der Waals surface area (Å²) in [5, 5.41) is 0. The molecule has 3 heteroatoms. The minimum absolute atomic E-state index is 0.271. The minimum Gasteiger partial charge on any atom is -0.481 e. The van der Waals surface area contributed by atoms with Crippen molar-refractivity contribution in [3.63, 3.8) is 0 Å². The van der Waals surface area contributed by atoms with E-state index in [4.69, 9.17) is 10.5 Å². The molecule has 80 valence electrons. The molecule has 0 unspecified atom stereocenters. The number of hydrogen-bond acceptors (Lipinski definition) is 2. The zero-order valence-electron chi connectivity index (χ0n) is 8.72. The fourth-order valence-electron chi connectivity index (χ4n) is 1.23. The summed E-state index contributed by atoms with van der Waals surface area (Å²) in [6.45, 7) is 2.54. The summed E-state index contributed by atoms with van der Waals surface area (Å²) in [6.07, 6.45) is 0.604. The predicted octanol–water partition coefficient (Wildman–Crippen LogP) is 1.73. The molecular weight excluding hydrogens is 193 g/mol. The molecule has 15 heavy (non-hydrogen) atoms. The molecular formula is C12H14FNO. The molecule has 0 amide bonds. The maximum atomic E-state index is 12.9. The number of hydrogen-bond donors (Lipinski definition) is 1. The summed E-state index contributed by atoms with van der Waals surface area (Å²) in [7, 11) is 0. The molecule has 2 nitrogen and oxygen atoms in total. The van der Waals surface area contributed by atoms with Gasteiger partial charge in [-0.05, 0) is 43.7 Å². The molecule has 0 aliphatic carbocycles. The van der Waals surface area contributed by atoms with E-state index in [1.807, 2.05) is 0 Å². The number of rotatable bonds is 4. The van der Waals surface area contributed by atoms with Crippen LogP contribution in [0.2, 0.25) is 0 Å². The highest BCUT2D eigenvalue weighted by molar-refractivity contribution is 5.34. The third-order valence-corrected chi connectivity index (χ3v) is 1.91. The highest BCUT2D eigenvalue weighted by atomic mass is 19.1. The van der Waals surface area contributed by atoms with E-state index in [0.717, 1.165) is 5.56 Å². The van der Waals surface area contributed by atoms with E-state index in [2.05, 4.69) is 11.8 Å². The summed E-state index contributed by atoms with van der Waals surface area (Å²) in [5.41, 5.74) is 6.22. The van der Waals surface area contributed by atoms with E-state index >= 15 is 0 Å². The van der Waals surface area contributed by atoms with E-state index in [9.17, 15) is 4.39 Å². The highest BCUT2D eigenvalue weighted by Gasteiger charge is 2.03. The Morgan fingerprint density at radius 3 is 2.93 bits per heavy atom. The number of halogens is 1. The van der Waals surface area contributed by atoms with Gasteiger partial charge in [-0.3, -0.25) is 0 Å². The molecule has 0 fully saturated rings. The smallest absolute Gasteiger partial charge is 0.149 e. The second-order valence-electron chi connectivity index (χ2n) is 3.01. The van der Waals surface area contributed by atoms with Gasteiger partial charge < -0.3 is 10.5 Å². The monoisotopic (exact) mass is 207 g/mol. The van der Waals surface area contributed by atoms with E-state index in [1.54, 1.807) is 13.0 Å². The Kier molecular flexibility index (Phi) is 4.65. The second-order valence-corrected chi connectivity index (χ2v) is 3.01. The molecule has 0 bridgehead atoms. The van der Waals surface area contributed by atoms with Crippen LogP contribution in [0.5, 0.6) is 5.75 Å². The third-order valence-electron chi connectivity index (χ3n) is 1.91. The zero-order valence-corrected chi connectivity index (χ0v) is 8.72. The summed E-state index contributed by atoms with van der Waals surface area (Å²) < 4.78 is 18.3. The Hall–Kier alpha value is -1.53. The maximum absolute atomic E-state index is 12.9. The van der Waals surface area contributed by atoms with Gasteiger partial charge in [-0.2, -0.15) is 0 Å². The molecule has 0 aliphatic rings. The van der Waals surface area contributed by atoms with Crippen molar-refractivity contribution < 1.29 is 9.13 Å². The first-order valence-electron chi connectivity index (χ1n) is 4.79. The van der Waals surface area contributed by atoms with Crippen LogP contribution in [0.25, 0.3) is 0 Å². The van der Waals surface area contributed by atoms with Crippen molar-refractivity contribution in [3.8, 4) is 17.6 Å². The van der Waals surface area contributed by atoms with Gasteiger partial charge in [0.15, 0.2) is 0 Å².